The number of benzene rings is 3. The van der Waals surface area contributed by atoms with Gasteiger partial charge in [-0.2, -0.15) is 0 Å². The first-order valence-corrected chi connectivity index (χ1v) is 6.14. The van der Waals surface area contributed by atoms with E-state index in [1.165, 1.54) is 6.07 Å². The van der Waals surface area contributed by atoms with E-state index in [4.69, 9.17) is 0 Å². The highest BCUT2D eigenvalue weighted by atomic mass is 19.1. The lowest BCUT2D eigenvalue weighted by Gasteiger charge is -2.06. The van der Waals surface area contributed by atoms with E-state index in [1.807, 2.05) is 30.3 Å². The Kier molecular flexibility index (Phi) is 3.03. The van der Waals surface area contributed by atoms with Gasteiger partial charge in [-0.3, -0.25) is 4.79 Å². The Balaban J connectivity index is 2.18. The van der Waals surface area contributed by atoms with Gasteiger partial charge >= 0.3 is 0 Å². The SMILES string of the molecule is O=C(c1ccc(F)cc1F)c1cccc2ccccc12. The van der Waals surface area contributed by atoms with E-state index >= 15 is 0 Å². The molecule has 0 N–H and O–H groups in total. The zero-order chi connectivity index (χ0) is 14.1. The smallest absolute Gasteiger partial charge is 0.196 e. The van der Waals surface area contributed by atoms with Crippen molar-refractivity contribution in [1.29, 1.82) is 0 Å². The zero-order valence-electron chi connectivity index (χ0n) is 10.4. The van der Waals surface area contributed by atoms with Crippen molar-refractivity contribution < 1.29 is 13.6 Å². The third kappa shape index (κ3) is 2.07. The average Bonchev–Trinajstić information content (AvgIpc) is 2.46. The van der Waals surface area contributed by atoms with Gasteiger partial charge in [0.15, 0.2) is 5.78 Å². The van der Waals surface area contributed by atoms with Crippen LogP contribution in [0.1, 0.15) is 15.9 Å². The summed E-state index contributed by atoms with van der Waals surface area (Å²) in [7, 11) is 0. The first kappa shape index (κ1) is 12.5. The van der Waals surface area contributed by atoms with Crippen LogP contribution in [-0.2, 0) is 0 Å². The van der Waals surface area contributed by atoms with E-state index in [9.17, 15) is 13.6 Å². The summed E-state index contributed by atoms with van der Waals surface area (Å²) in [5, 5.41) is 1.66. The molecule has 3 aromatic carbocycles. The molecule has 0 aliphatic carbocycles. The fourth-order valence-electron chi connectivity index (χ4n) is 2.24. The molecule has 0 fully saturated rings. The van der Waals surface area contributed by atoms with Crippen molar-refractivity contribution in [1.82, 2.24) is 0 Å². The van der Waals surface area contributed by atoms with Crippen molar-refractivity contribution in [2.45, 2.75) is 0 Å². The topological polar surface area (TPSA) is 17.1 Å². The number of rotatable bonds is 2. The van der Waals surface area contributed by atoms with Crippen molar-refractivity contribution in [3.05, 3.63) is 83.4 Å². The Morgan fingerprint density at radius 3 is 2.35 bits per heavy atom. The summed E-state index contributed by atoms with van der Waals surface area (Å²) in [6, 6.07) is 15.6. The summed E-state index contributed by atoms with van der Waals surface area (Å²) >= 11 is 0. The van der Waals surface area contributed by atoms with Gasteiger partial charge in [0, 0.05) is 11.6 Å². The second kappa shape index (κ2) is 4.85. The van der Waals surface area contributed by atoms with Gasteiger partial charge in [-0.25, -0.2) is 8.78 Å². The Bertz CT molecular complexity index is 804. The molecule has 0 unspecified atom stereocenters. The van der Waals surface area contributed by atoms with Crippen LogP contribution < -0.4 is 0 Å². The number of carbonyl (C=O) groups excluding carboxylic acids is 1. The summed E-state index contributed by atoms with van der Waals surface area (Å²) in [6.07, 6.45) is 0. The second-order valence-electron chi connectivity index (χ2n) is 4.48. The minimum atomic E-state index is -0.845. The third-order valence-electron chi connectivity index (χ3n) is 3.21. The fourth-order valence-corrected chi connectivity index (χ4v) is 2.24. The fraction of sp³-hybridized carbons (Fsp3) is 0. The van der Waals surface area contributed by atoms with Crippen LogP contribution in [0.15, 0.2) is 60.7 Å². The molecule has 98 valence electrons. The Labute approximate surface area is 114 Å². The highest BCUT2D eigenvalue weighted by molar-refractivity contribution is 6.16. The predicted molar refractivity (Wildman–Crippen MR) is 73.7 cm³/mol. The van der Waals surface area contributed by atoms with E-state index in [1.54, 1.807) is 12.1 Å². The van der Waals surface area contributed by atoms with Gasteiger partial charge in [-0.1, -0.05) is 42.5 Å². The van der Waals surface area contributed by atoms with E-state index in [0.29, 0.717) is 5.56 Å². The Morgan fingerprint density at radius 1 is 0.800 bits per heavy atom. The van der Waals surface area contributed by atoms with Gasteiger partial charge in [0.2, 0.25) is 0 Å². The lowest BCUT2D eigenvalue weighted by molar-refractivity contribution is 0.103. The summed E-state index contributed by atoms with van der Waals surface area (Å²) in [6.45, 7) is 0. The minimum absolute atomic E-state index is 0.122. The Morgan fingerprint density at radius 2 is 1.55 bits per heavy atom. The summed E-state index contributed by atoms with van der Waals surface area (Å²) in [4.78, 5) is 12.4. The Hall–Kier alpha value is -2.55. The molecule has 0 aliphatic heterocycles. The summed E-state index contributed by atoms with van der Waals surface area (Å²) in [5.74, 6) is -1.99. The van der Waals surface area contributed by atoms with Crippen molar-refractivity contribution >= 4 is 16.6 Å². The number of ketones is 1. The summed E-state index contributed by atoms with van der Waals surface area (Å²) < 4.78 is 26.6. The van der Waals surface area contributed by atoms with Crippen LogP contribution in [0, 0.1) is 11.6 Å². The van der Waals surface area contributed by atoms with Gasteiger partial charge in [0.25, 0.3) is 0 Å². The molecule has 0 radical (unpaired) electrons. The van der Waals surface area contributed by atoms with Gasteiger partial charge in [-0.05, 0) is 22.9 Å². The number of fused-ring (bicyclic) bond motifs is 1. The van der Waals surface area contributed by atoms with Crippen molar-refractivity contribution in [3.8, 4) is 0 Å². The van der Waals surface area contributed by atoms with Crippen LogP contribution in [0.25, 0.3) is 10.8 Å². The standard InChI is InChI=1S/C17H10F2O/c18-12-8-9-15(16(19)10-12)17(20)14-7-3-5-11-4-1-2-6-13(11)14/h1-10H. The lowest BCUT2D eigenvalue weighted by atomic mass is 9.97. The molecule has 0 saturated heterocycles. The minimum Gasteiger partial charge on any atom is -0.288 e. The van der Waals surface area contributed by atoms with E-state index in [0.717, 1.165) is 22.9 Å². The van der Waals surface area contributed by atoms with Crippen LogP contribution in [-0.4, -0.2) is 5.78 Å². The first-order chi connectivity index (χ1) is 9.66. The van der Waals surface area contributed by atoms with Crippen LogP contribution in [0.5, 0.6) is 0 Å². The van der Waals surface area contributed by atoms with Gasteiger partial charge in [-0.15, -0.1) is 0 Å². The van der Waals surface area contributed by atoms with Crippen molar-refractivity contribution in [2.24, 2.45) is 0 Å². The van der Waals surface area contributed by atoms with Crippen LogP contribution in [0.4, 0.5) is 8.78 Å². The monoisotopic (exact) mass is 268 g/mol. The highest BCUT2D eigenvalue weighted by Crippen LogP contribution is 2.22. The van der Waals surface area contributed by atoms with Crippen LogP contribution in [0.2, 0.25) is 0 Å². The number of halogens is 2. The molecular weight excluding hydrogens is 258 g/mol. The van der Waals surface area contributed by atoms with Crippen LogP contribution >= 0.6 is 0 Å². The largest absolute Gasteiger partial charge is 0.288 e. The molecule has 0 heterocycles. The van der Waals surface area contributed by atoms with Crippen LogP contribution in [0.3, 0.4) is 0 Å². The normalized spacial score (nSPS) is 10.7. The van der Waals surface area contributed by atoms with Crippen molar-refractivity contribution in [3.63, 3.8) is 0 Å². The first-order valence-electron chi connectivity index (χ1n) is 6.14. The molecular formula is C17H10F2O. The maximum Gasteiger partial charge on any atom is 0.196 e. The van der Waals surface area contributed by atoms with E-state index in [2.05, 4.69) is 0 Å². The maximum atomic E-state index is 13.7. The molecule has 1 nitrogen and oxygen atoms in total. The number of hydrogen-bond donors (Lipinski definition) is 0. The molecule has 3 rings (SSSR count). The maximum absolute atomic E-state index is 13.7. The number of carbonyl (C=O) groups is 1. The highest BCUT2D eigenvalue weighted by Gasteiger charge is 2.16. The van der Waals surface area contributed by atoms with Crippen molar-refractivity contribution in [2.75, 3.05) is 0 Å². The van der Waals surface area contributed by atoms with Gasteiger partial charge < -0.3 is 0 Å². The number of hydrogen-bond acceptors (Lipinski definition) is 1. The quantitative estimate of drug-likeness (QED) is 0.631. The predicted octanol–water partition coefficient (Wildman–Crippen LogP) is 4.35. The van der Waals surface area contributed by atoms with Gasteiger partial charge in [0.1, 0.15) is 11.6 Å². The second-order valence-corrected chi connectivity index (χ2v) is 4.48. The molecule has 20 heavy (non-hydrogen) atoms. The molecule has 0 aromatic heterocycles. The summed E-state index contributed by atoms with van der Waals surface area (Å²) in [5.41, 5.74) is 0.288. The third-order valence-corrected chi connectivity index (χ3v) is 3.21. The molecule has 3 heteroatoms. The molecule has 0 atom stereocenters. The molecule has 3 aromatic rings. The molecule has 0 amide bonds. The molecule has 0 aliphatic rings. The lowest BCUT2D eigenvalue weighted by Crippen LogP contribution is -2.05. The zero-order valence-corrected chi connectivity index (χ0v) is 10.4. The molecule has 0 saturated carbocycles. The van der Waals surface area contributed by atoms with E-state index < -0.39 is 17.4 Å². The van der Waals surface area contributed by atoms with Gasteiger partial charge in [0.05, 0.1) is 5.56 Å². The molecule has 0 spiro atoms. The van der Waals surface area contributed by atoms with E-state index in [-0.39, 0.29) is 5.56 Å². The molecule has 0 bridgehead atoms. The average molecular weight is 268 g/mol.